The van der Waals surface area contributed by atoms with Crippen molar-refractivity contribution in [3.63, 3.8) is 0 Å². The van der Waals surface area contributed by atoms with Gasteiger partial charge < -0.3 is 15.0 Å². The Morgan fingerprint density at radius 2 is 2.09 bits per heavy atom. The molecule has 1 rings (SSSR count). The van der Waals surface area contributed by atoms with E-state index in [1.165, 1.54) is 12.0 Å². The van der Waals surface area contributed by atoms with Gasteiger partial charge in [0.15, 0.2) is 0 Å². The van der Waals surface area contributed by atoms with E-state index in [2.05, 4.69) is 19.2 Å². The molecule has 0 aromatic heterocycles. The van der Waals surface area contributed by atoms with Crippen LogP contribution in [-0.2, 0) is 9.53 Å². The second-order valence-corrected chi connectivity index (χ2v) is 6.57. The minimum absolute atomic E-state index is 0.135. The number of carbonyl (C=O) groups excluding carboxylic acids is 1. The fourth-order valence-electron chi connectivity index (χ4n) is 2.73. The molecular weight excluding hydrogens is 290 g/mol. The lowest BCUT2D eigenvalue weighted by Crippen LogP contribution is -2.38. The zero-order valence-electron chi connectivity index (χ0n) is 14.2. The summed E-state index contributed by atoms with van der Waals surface area (Å²) in [5.41, 5.74) is 0. The summed E-state index contributed by atoms with van der Waals surface area (Å²) >= 11 is 0. The number of rotatable bonds is 10. The summed E-state index contributed by atoms with van der Waals surface area (Å²) in [5.74, 6) is -4.74. The number of nitrogens with zero attached hydrogens (tertiary/aromatic N) is 1. The molecule has 0 spiro atoms. The third-order valence-electron chi connectivity index (χ3n) is 4.11. The van der Waals surface area contributed by atoms with Crippen LogP contribution in [0.25, 0.3) is 0 Å². The van der Waals surface area contributed by atoms with Crippen LogP contribution in [-0.4, -0.2) is 56.1 Å². The molecule has 6 heteroatoms. The summed E-state index contributed by atoms with van der Waals surface area (Å²) in [6, 6.07) is 0. The van der Waals surface area contributed by atoms with E-state index in [-0.39, 0.29) is 19.1 Å². The zero-order chi connectivity index (χ0) is 16.8. The molecule has 22 heavy (non-hydrogen) atoms. The molecule has 1 saturated heterocycles. The average molecular weight is 320 g/mol. The molecule has 0 bridgehead atoms. The number of carbonyl (C=O) groups is 1. The maximum absolute atomic E-state index is 14.2. The molecule has 4 nitrogen and oxygen atoms in total. The third kappa shape index (κ3) is 5.16. The zero-order valence-corrected chi connectivity index (χ0v) is 14.2. The van der Waals surface area contributed by atoms with Crippen LogP contribution >= 0.6 is 0 Å². The number of likely N-dealkylation sites (tertiary alicyclic amines) is 1. The van der Waals surface area contributed by atoms with Crippen molar-refractivity contribution in [2.45, 2.75) is 52.1 Å². The van der Waals surface area contributed by atoms with Crippen molar-refractivity contribution >= 4 is 5.91 Å². The van der Waals surface area contributed by atoms with Gasteiger partial charge in [-0.05, 0) is 25.3 Å². The predicted octanol–water partition coefficient (Wildman–Crippen LogP) is 2.53. The fraction of sp³-hybridized carbons (Fsp3) is 0.938. The van der Waals surface area contributed by atoms with Gasteiger partial charge in [-0.1, -0.05) is 27.2 Å². The van der Waals surface area contributed by atoms with Gasteiger partial charge in [0, 0.05) is 26.7 Å². The van der Waals surface area contributed by atoms with E-state index >= 15 is 0 Å². The Labute approximate surface area is 132 Å². The van der Waals surface area contributed by atoms with Crippen molar-refractivity contribution in [2.24, 2.45) is 11.8 Å². The molecule has 2 unspecified atom stereocenters. The number of halogens is 2. The van der Waals surface area contributed by atoms with Crippen LogP contribution in [0.15, 0.2) is 0 Å². The monoisotopic (exact) mass is 320 g/mol. The molecule has 0 aromatic rings. The summed E-state index contributed by atoms with van der Waals surface area (Å²) < 4.78 is 33.6. The second-order valence-electron chi connectivity index (χ2n) is 6.57. The lowest BCUT2D eigenvalue weighted by atomic mass is 9.97. The minimum Gasteiger partial charge on any atom is -0.380 e. The van der Waals surface area contributed by atoms with Crippen LogP contribution in [0, 0.1) is 11.8 Å². The summed E-state index contributed by atoms with van der Waals surface area (Å²) in [7, 11) is 1.53. The lowest BCUT2D eigenvalue weighted by Gasteiger charge is -2.22. The lowest BCUT2D eigenvalue weighted by molar-refractivity contribution is -0.152. The molecule has 1 aliphatic rings. The number of unbranched alkanes of at least 4 members (excludes halogenated alkanes) is 1. The number of amides is 1. The fourth-order valence-corrected chi connectivity index (χ4v) is 2.73. The van der Waals surface area contributed by atoms with Gasteiger partial charge >= 0.3 is 5.92 Å². The van der Waals surface area contributed by atoms with E-state index in [0.717, 1.165) is 19.4 Å². The third-order valence-corrected chi connectivity index (χ3v) is 4.11. The van der Waals surface area contributed by atoms with Gasteiger partial charge in [0.2, 0.25) is 0 Å². The van der Waals surface area contributed by atoms with Crippen LogP contribution < -0.4 is 5.32 Å². The van der Waals surface area contributed by atoms with Crippen molar-refractivity contribution in [2.75, 3.05) is 33.3 Å². The Morgan fingerprint density at radius 1 is 1.41 bits per heavy atom. The van der Waals surface area contributed by atoms with Crippen LogP contribution in [0.5, 0.6) is 0 Å². The number of alkyl halides is 2. The Balaban J connectivity index is 2.56. The molecule has 0 aromatic carbocycles. The normalized spacial score (nSPS) is 22.6. The molecule has 1 fully saturated rings. The number of hydrogen-bond acceptors (Lipinski definition) is 3. The summed E-state index contributed by atoms with van der Waals surface area (Å²) in [5, 5.41) is 3.23. The van der Waals surface area contributed by atoms with Gasteiger partial charge in [-0.3, -0.25) is 4.79 Å². The highest BCUT2D eigenvalue weighted by molar-refractivity contribution is 5.86. The molecule has 0 radical (unpaired) electrons. The van der Waals surface area contributed by atoms with E-state index in [1.54, 1.807) is 0 Å². The molecule has 1 heterocycles. The summed E-state index contributed by atoms with van der Waals surface area (Å²) in [6.07, 6.45) is 1.55. The molecule has 0 saturated carbocycles. The van der Waals surface area contributed by atoms with Gasteiger partial charge in [-0.2, -0.15) is 8.78 Å². The van der Waals surface area contributed by atoms with Crippen molar-refractivity contribution in [3.05, 3.63) is 0 Å². The first-order valence-corrected chi connectivity index (χ1v) is 8.23. The molecule has 2 atom stereocenters. The van der Waals surface area contributed by atoms with Crippen LogP contribution in [0.2, 0.25) is 0 Å². The van der Waals surface area contributed by atoms with Crippen molar-refractivity contribution in [1.82, 2.24) is 10.2 Å². The largest absolute Gasteiger partial charge is 0.380 e. The Hall–Kier alpha value is -0.750. The average Bonchev–Trinajstić information content (AvgIpc) is 2.67. The number of nitrogens with one attached hydrogen (secondary N) is 1. The van der Waals surface area contributed by atoms with E-state index in [1.807, 2.05) is 6.92 Å². The van der Waals surface area contributed by atoms with Crippen LogP contribution in [0.1, 0.15) is 40.0 Å². The number of hydrogen-bond donors (Lipinski definition) is 1. The smallest absolute Gasteiger partial charge is 0.329 e. The minimum atomic E-state index is -3.26. The van der Waals surface area contributed by atoms with Crippen LogP contribution in [0.4, 0.5) is 8.78 Å². The number of ether oxygens (including phenoxy) is 1. The number of methoxy groups -OCH3 is 1. The van der Waals surface area contributed by atoms with Gasteiger partial charge in [0.1, 0.15) is 0 Å². The Kier molecular flexibility index (Phi) is 7.69. The Bertz CT molecular complexity index is 351. The maximum atomic E-state index is 14.2. The molecule has 1 N–H and O–H groups in total. The Morgan fingerprint density at radius 3 is 2.64 bits per heavy atom. The van der Waals surface area contributed by atoms with Gasteiger partial charge in [-0.25, -0.2) is 0 Å². The SMILES string of the molecule is CCCCN1CC(CC(CNCC(C)C)OC)C(F)(F)C1=O. The maximum Gasteiger partial charge on any atom is 0.329 e. The van der Waals surface area contributed by atoms with Gasteiger partial charge in [0.25, 0.3) is 5.91 Å². The highest BCUT2D eigenvalue weighted by Gasteiger charge is 2.56. The summed E-state index contributed by atoms with van der Waals surface area (Å²) in [4.78, 5) is 13.1. The topological polar surface area (TPSA) is 41.6 Å². The van der Waals surface area contributed by atoms with E-state index < -0.39 is 17.7 Å². The van der Waals surface area contributed by atoms with Crippen molar-refractivity contribution in [1.29, 1.82) is 0 Å². The predicted molar refractivity (Wildman–Crippen MR) is 83.0 cm³/mol. The van der Waals surface area contributed by atoms with Crippen molar-refractivity contribution < 1.29 is 18.3 Å². The first-order valence-electron chi connectivity index (χ1n) is 8.23. The van der Waals surface area contributed by atoms with Gasteiger partial charge in [-0.15, -0.1) is 0 Å². The molecule has 1 aliphatic heterocycles. The molecular formula is C16H30F2N2O2. The first-order chi connectivity index (χ1) is 10.3. The van der Waals surface area contributed by atoms with Crippen molar-refractivity contribution in [3.8, 4) is 0 Å². The second kappa shape index (κ2) is 8.77. The van der Waals surface area contributed by atoms with Crippen LogP contribution in [0.3, 0.4) is 0 Å². The van der Waals surface area contributed by atoms with E-state index in [0.29, 0.717) is 19.0 Å². The highest BCUT2D eigenvalue weighted by atomic mass is 19.3. The summed E-state index contributed by atoms with van der Waals surface area (Å²) in [6.45, 7) is 8.07. The van der Waals surface area contributed by atoms with Gasteiger partial charge in [0.05, 0.1) is 12.0 Å². The van der Waals surface area contributed by atoms with E-state index in [4.69, 9.17) is 4.74 Å². The first kappa shape index (κ1) is 19.3. The highest BCUT2D eigenvalue weighted by Crippen LogP contribution is 2.37. The standard InChI is InChI=1S/C16H30F2N2O2/c1-5-6-7-20-11-13(16(17,18)15(20)21)8-14(22-4)10-19-9-12(2)3/h12-14,19H,5-11H2,1-4H3. The quantitative estimate of drug-likeness (QED) is 0.672. The molecule has 1 amide bonds. The molecule has 130 valence electrons. The van der Waals surface area contributed by atoms with E-state index in [9.17, 15) is 13.6 Å². The molecule has 0 aliphatic carbocycles.